The Balaban J connectivity index is 1.74. The fourth-order valence-electron chi connectivity index (χ4n) is 3.17. The first-order chi connectivity index (χ1) is 11.0. The first-order valence-corrected chi connectivity index (χ1v) is 9.22. The normalized spacial score (nSPS) is 28.9. The molecule has 0 unspecified atom stereocenters. The molecule has 0 aromatic carbocycles. The van der Waals surface area contributed by atoms with Crippen molar-refractivity contribution in [3.8, 4) is 0 Å². The van der Waals surface area contributed by atoms with Gasteiger partial charge in [-0.2, -0.15) is 17.0 Å². The highest BCUT2D eigenvalue weighted by Crippen LogP contribution is 2.33. The van der Waals surface area contributed by atoms with Gasteiger partial charge in [-0.25, -0.2) is 0 Å². The highest BCUT2D eigenvalue weighted by molar-refractivity contribution is 7.86. The summed E-state index contributed by atoms with van der Waals surface area (Å²) in [5, 5.41) is 0. The van der Waals surface area contributed by atoms with Crippen molar-refractivity contribution in [2.24, 2.45) is 0 Å². The van der Waals surface area contributed by atoms with Crippen LogP contribution < -0.4 is 0 Å². The topological polar surface area (TPSA) is 72.0 Å². The molecular weight excluding hydrogens is 318 g/mol. The van der Waals surface area contributed by atoms with Crippen molar-refractivity contribution in [1.82, 2.24) is 13.6 Å². The van der Waals surface area contributed by atoms with E-state index in [4.69, 9.17) is 9.47 Å². The van der Waals surface area contributed by atoms with Gasteiger partial charge in [0, 0.05) is 33.4 Å². The molecule has 128 valence electrons. The lowest BCUT2D eigenvalue weighted by atomic mass is 10.0. The Labute approximate surface area is 137 Å². The molecule has 2 aliphatic rings. The van der Waals surface area contributed by atoms with Crippen molar-refractivity contribution in [2.75, 3.05) is 27.2 Å². The molecule has 0 amide bonds. The van der Waals surface area contributed by atoms with Gasteiger partial charge in [0.1, 0.15) is 6.10 Å². The van der Waals surface area contributed by atoms with E-state index in [0.717, 1.165) is 18.5 Å². The zero-order chi connectivity index (χ0) is 16.4. The van der Waals surface area contributed by atoms with Crippen LogP contribution >= 0.6 is 0 Å². The third-order valence-corrected chi connectivity index (χ3v) is 6.29. The van der Waals surface area contributed by atoms with E-state index in [1.54, 1.807) is 20.3 Å². The van der Waals surface area contributed by atoms with Crippen LogP contribution in [0.3, 0.4) is 0 Å². The standard InChI is InChI=1S/C15H23N3O4S/c1-17(2)23(19,20)18-10-14(15-13(18)7-5-9-21-15)22-11-12-6-3-4-8-16-12/h3-4,6,8,13-15H,5,7,9-11H2,1-2H3/t13-,14-,15+/m1/s1. The van der Waals surface area contributed by atoms with E-state index in [1.165, 1.54) is 8.61 Å². The molecule has 3 rings (SSSR count). The molecule has 1 aromatic rings. The van der Waals surface area contributed by atoms with E-state index in [0.29, 0.717) is 19.8 Å². The summed E-state index contributed by atoms with van der Waals surface area (Å²) >= 11 is 0. The maximum Gasteiger partial charge on any atom is 0.281 e. The number of rotatable bonds is 5. The second-order valence-electron chi connectivity index (χ2n) is 6.08. The summed E-state index contributed by atoms with van der Waals surface area (Å²) in [5.74, 6) is 0. The molecule has 0 bridgehead atoms. The lowest BCUT2D eigenvalue weighted by Gasteiger charge is -2.32. The van der Waals surface area contributed by atoms with Crippen molar-refractivity contribution in [3.63, 3.8) is 0 Å². The quantitative estimate of drug-likeness (QED) is 0.786. The maximum absolute atomic E-state index is 12.5. The first kappa shape index (κ1) is 16.8. The molecule has 2 aliphatic heterocycles. The minimum Gasteiger partial charge on any atom is -0.374 e. The molecule has 0 radical (unpaired) electrons. The predicted octanol–water partition coefficient (Wildman–Crippen LogP) is 0.636. The van der Waals surface area contributed by atoms with E-state index >= 15 is 0 Å². The molecule has 2 fully saturated rings. The number of aromatic nitrogens is 1. The summed E-state index contributed by atoms with van der Waals surface area (Å²) in [6.45, 7) is 1.33. The third kappa shape index (κ3) is 3.41. The molecule has 3 atom stereocenters. The van der Waals surface area contributed by atoms with Crippen molar-refractivity contribution in [2.45, 2.75) is 37.7 Å². The number of nitrogens with zero attached hydrogens (tertiary/aromatic N) is 3. The number of ether oxygens (including phenoxy) is 2. The fourth-order valence-corrected chi connectivity index (χ4v) is 4.49. The summed E-state index contributed by atoms with van der Waals surface area (Å²) in [6, 6.07) is 5.50. The Hall–Kier alpha value is -1.06. The van der Waals surface area contributed by atoms with E-state index in [2.05, 4.69) is 4.98 Å². The van der Waals surface area contributed by atoms with Crippen LogP contribution in [0.25, 0.3) is 0 Å². The number of hydrogen-bond donors (Lipinski definition) is 0. The van der Waals surface area contributed by atoms with Gasteiger partial charge >= 0.3 is 0 Å². The van der Waals surface area contributed by atoms with Gasteiger partial charge in [-0.1, -0.05) is 6.07 Å². The Morgan fingerprint density at radius 3 is 2.96 bits per heavy atom. The van der Waals surface area contributed by atoms with Crippen molar-refractivity contribution < 1.29 is 17.9 Å². The Morgan fingerprint density at radius 2 is 2.26 bits per heavy atom. The zero-order valence-corrected chi connectivity index (χ0v) is 14.3. The van der Waals surface area contributed by atoms with E-state index in [-0.39, 0.29) is 18.2 Å². The highest BCUT2D eigenvalue weighted by atomic mass is 32.2. The molecule has 8 heteroatoms. The number of hydrogen-bond acceptors (Lipinski definition) is 5. The average Bonchev–Trinajstić information content (AvgIpc) is 2.93. The van der Waals surface area contributed by atoms with E-state index in [1.807, 2.05) is 18.2 Å². The van der Waals surface area contributed by atoms with Gasteiger partial charge in [-0.3, -0.25) is 4.98 Å². The van der Waals surface area contributed by atoms with Crippen molar-refractivity contribution in [1.29, 1.82) is 0 Å². The monoisotopic (exact) mass is 341 g/mol. The van der Waals surface area contributed by atoms with Crippen LogP contribution in [0.15, 0.2) is 24.4 Å². The smallest absolute Gasteiger partial charge is 0.281 e. The second-order valence-corrected chi connectivity index (χ2v) is 8.17. The molecule has 3 heterocycles. The van der Waals surface area contributed by atoms with Crippen molar-refractivity contribution >= 4 is 10.2 Å². The largest absolute Gasteiger partial charge is 0.374 e. The predicted molar refractivity (Wildman–Crippen MR) is 84.9 cm³/mol. The zero-order valence-electron chi connectivity index (χ0n) is 13.5. The van der Waals surface area contributed by atoms with Crippen LogP contribution in [0.2, 0.25) is 0 Å². The second kappa shape index (κ2) is 6.82. The summed E-state index contributed by atoms with van der Waals surface area (Å²) in [4.78, 5) is 4.23. The molecule has 0 saturated carbocycles. The van der Waals surface area contributed by atoms with Crippen LogP contribution in [-0.4, -0.2) is 67.5 Å². The molecule has 0 N–H and O–H groups in total. The van der Waals surface area contributed by atoms with Crippen LogP contribution in [0.1, 0.15) is 18.5 Å². The van der Waals surface area contributed by atoms with Crippen LogP contribution in [0.5, 0.6) is 0 Å². The minimum atomic E-state index is -3.47. The van der Waals surface area contributed by atoms with Gasteiger partial charge in [-0.05, 0) is 25.0 Å². The minimum absolute atomic E-state index is 0.148. The average molecular weight is 341 g/mol. The molecule has 0 spiro atoms. The van der Waals surface area contributed by atoms with E-state index < -0.39 is 10.2 Å². The molecule has 23 heavy (non-hydrogen) atoms. The van der Waals surface area contributed by atoms with Gasteiger partial charge < -0.3 is 9.47 Å². The maximum atomic E-state index is 12.5. The molecule has 7 nitrogen and oxygen atoms in total. The van der Waals surface area contributed by atoms with Crippen LogP contribution in [0.4, 0.5) is 0 Å². The van der Waals surface area contributed by atoms with Crippen LogP contribution in [-0.2, 0) is 26.3 Å². The molecular formula is C15H23N3O4S. The highest BCUT2D eigenvalue weighted by Gasteiger charge is 2.49. The fraction of sp³-hybridized carbons (Fsp3) is 0.667. The van der Waals surface area contributed by atoms with Gasteiger partial charge in [0.25, 0.3) is 10.2 Å². The van der Waals surface area contributed by atoms with E-state index in [9.17, 15) is 8.42 Å². The molecule has 0 aliphatic carbocycles. The summed E-state index contributed by atoms with van der Waals surface area (Å²) in [7, 11) is -0.368. The lowest BCUT2D eigenvalue weighted by Crippen LogP contribution is -2.47. The Bertz CT molecular complexity index is 623. The SMILES string of the molecule is CN(C)S(=O)(=O)N1C[C@@H](OCc2ccccn2)[C@H]2OCCC[C@H]21. The summed E-state index contributed by atoms with van der Waals surface area (Å²) < 4.78 is 39.6. The van der Waals surface area contributed by atoms with Crippen molar-refractivity contribution in [3.05, 3.63) is 30.1 Å². The Morgan fingerprint density at radius 1 is 1.43 bits per heavy atom. The van der Waals surface area contributed by atoms with Crippen LogP contribution in [0, 0.1) is 0 Å². The summed E-state index contributed by atoms with van der Waals surface area (Å²) in [6.07, 6.45) is 2.92. The Kier molecular flexibility index (Phi) is 4.98. The van der Waals surface area contributed by atoms with Gasteiger partial charge in [0.2, 0.25) is 0 Å². The lowest BCUT2D eigenvalue weighted by molar-refractivity contribution is -0.0807. The number of fused-ring (bicyclic) bond motifs is 1. The number of pyridine rings is 1. The summed E-state index contributed by atoms with van der Waals surface area (Å²) in [5.41, 5.74) is 0.828. The third-order valence-electron chi connectivity index (χ3n) is 4.36. The van der Waals surface area contributed by atoms with Gasteiger partial charge in [0.05, 0.1) is 24.4 Å². The van der Waals surface area contributed by atoms with Gasteiger partial charge in [0.15, 0.2) is 0 Å². The van der Waals surface area contributed by atoms with Gasteiger partial charge in [-0.15, -0.1) is 0 Å². The first-order valence-electron chi connectivity index (χ1n) is 7.82. The molecule has 2 saturated heterocycles. The molecule has 1 aromatic heterocycles.